The van der Waals surface area contributed by atoms with Gasteiger partial charge in [0.25, 0.3) is 0 Å². The SMILES string of the molecule is CCC1=C(CC)c2cc3[nH]c(cc4[nH]c(cc5nc(cc1n2)C(CC)=C5CC)c(CC)c4CC)c(CC)c3CC.[Cu+]. The summed E-state index contributed by atoms with van der Waals surface area (Å²) in [6, 6.07) is 9.24. The molecule has 5 heterocycles. The van der Waals surface area contributed by atoms with Gasteiger partial charge in [-0.15, -0.1) is 0 Å². The number of hydrogen-bond donors (Lipinski definition) is 2. The third-order valence-corrected chi connectivity index (χ3v) is 8.97. The first-order valence-electron chi connectivity index (χ1n) is 15.7. The van der Waals surface area contributed by atoms with Gasteiger partial charge in [-0.1, -0.05) is 55.4 Å². The molecule has 0 atom stereocenters. The average molecular weight is 598 g/mol. The van der Waals surface area contributed by atoms with Crippen molar-refractivity contribution in [3.05, 3.63) is 69.3 Å². The Hall–Kier alpha value is -2.88. The Morgan fingerprint density at radius 3 is 0.927 bits per heavy atom. The Balaban J connectivity index is 0.00000387. The Kier molecular flexibility index (Phi) is 9.82. The molecular weight excluding hydrogens is 552 g/mol. The monoisotopic (exact) mass is 597 g/mol. The van der Waals surface area contributed by atoms with E-state index in [4.69, 9.17) is 9.97 Å². The molecule has 0 saturated carbocycles. The maximum absolute atomic E-state index is 5.28. The molecule has 0 saturated heterocycles. The second-order valence-corrected chi connectivity index (χ2v) is 10.9. The molecule has 5 heteroatoms. The third-order valence-electron chi connectivity index (χ3n) is 8.97. The van der Waals surface area contributed by atoms with E-state index in [0.717, 1.165) is 74.1 Å². The van der Waals surface area contributed by atoms with Crippen LogP contribution in [-0.4, -0.2) is 19.9 Å². The molecule has 0 unspecified atom stereocenters. The summed E-state index contributed by atoms with van der Waals surface area (Å²) in [5.41, 5.74) is 20.2. The van der Waals surface area contributed by atoms with E-state index in [2.05, 4.69) is 89.6 Å². The predicted molar refractivity (Wildman–Crippen MR) is 173 cm³/mol. The van der Waals surface area contributed by atoms with E-state index in [1.165, 1.54) is 66.6 Å². The number of hydrogen-bond acceptors (Lipinski definition) is 2. The molecule has 5 rings (SSSR count). The van der Waals surface area contributed by atoms with Crippen LogP contribution in [0, 0.1) is 0 Å². The fourth-order valence-electron chi connectivity index (χ4n) is 7.10. The first kappa shape index (κ1) is 31.1. The van der Waals surface area contributed by atoms with Gasteiger partial charge in [-0.05, 0) is 120 Å². The summed E-state index contributed by atoms with van der Waals surface area (Å²) in [5, 5.41) is 0. The first-order chi connectivity index (χ1) is 19.5. The van der Waals surface area contributed by atoms with Crippen molar-refractivity contribution in [1.82, 2.24) is 19.9 Å². The van der Waals surface area contributed by atoms with Crippen LogP contribution < -0.4 is 0 Å². The second kappa shape index (κ2) is 13.0. The van der Waals surface area contributed by atoms with E-state index in [1.807, 2.05) is 0 Å². The Bertz CT molecular complexity index is 1560. The van der Waals surface area contributed by atoms with Crippen molar-refractivity contribution < 1.29 is 17.1 Å². The molecule has 4 nitrogen and oxygen atoms in total. The van der Waals surface area contributed by atoms with E-state index >= 15 is 0 Å². The number of H-pyrrole nitrogens is 2. The number of aromatic amines is 2. The van der Waals surface area contributed by atoms with E-state index < -0.39 is 0 Å². The van der Waals surface area contributed by atoms with Gasteiger partial charge in [0.2, 0.25) is 0 Å². The van der Waals surface area contributed by atoms with Crippen LogP contribution in [0.3, 0.4) is 0 Å². The van der Waals surface area contributed by atoms with Crippen molar-refractivity contribution in [1.29, 1.82) is 0 Å². The zero-order valence-electron chi connectivity index (χ0n) is 26.2. The van der Waals surface area contributed by atoms with Gasteiger partial charge in [-0.3, -0.25) is 0 Å². The molecule has 2 aliphatic heterocycles. The summed E-state index contributed by atoms with van der Waals surface area (Å²) in [7, 11) is 0. The molecule has 220 valence electrons. The Labute approximate surface area is 256 Å². The van der Waals surface area contributed by atoms with Gasteiger partial charge < -0.3 is 9.97 Å². The van der Waals surface area contributed by atoms with Crippen molar-refractivity contribution in [2.75, 3.05) is 0 Å². The van der Waals surface area contributed by atoms with Crippen LogP contribution in [-0.2, 0) is 42.8 Å². The normalized spacial score (nSPS) is 13.3. The number of aromatic nitrogens is 4. The number of nitrogens with one attached hydrogen (secondary N) is 2. The van der Waals surface area contributed by atoms with E-state index in [0.29, 0.717) is 0 Å². The van der Waals surface area contributed by atoms with Crippen molar-refractivity contribution in [2.24, 2.45) is 0 Å². The summed E-state index contributed by atoms with van der Waals surface area (Å²) in [4.78, 5) is 18.2. The zero-order valence-corrected chi connectivity index (χ0v) is 27.1. The summed E-state index contributed by atoms with van der Waals surface area (Å²) in [6.45, 7) is 18.1. The van der Waals surface area contributed by atoms with Crippen molar-refractivity contribution >= 4 is 44.4 Å². The number of rotatable bonds is 8. The first-order valence-corrected chi connectivity index (χ1v) is 15.7. The van der Waals surface area contributed by atoms with Crippen molar-refractivity contribution in [3.63, 3.8) is 0 Å². The molecule has 2 aliphatic rings. The number of allylic oxidation sites excluding steroid dienone is 4. The predicted octanol–water partition coefficient (Wildman–Crippen LogP) is 10.0. The van der Waals surface area contributed by atoms with Crippen LogP contribution in [0.2, 0.25) is 0 Å². The molecule has 3 aromatic rings. The maximum atomic E-state index is 5.28. The zero-order chi connectivity index (χ0) is 28.6. The quantitative estimate of drug-likeness (QED) is 0.254. The minimum atomic E-state index is 0. The fourth-order valence-corrected chi connectivity index (χ4v) is 7.10. The fraction of sp³-hybridized carbons (Fsp3) is 0.444. The molecule has 0 aromatic carbocycles. The molecule has 8 bridgehead atoms. The maximum Gasteiger partial charge on any atom is 1.00 e. The van der Waals surface area contributed by atoms with Gasteiger partial charge in [-0.2, -0.15) is 0 Å². The molecule has 0 amide bonds. The minimum Gasteiger partial charge on any atom is -0.355 e. The largest absolute Gasteiger partial charge is 1.00 e. The van der Waals surface area contributed by atoms with E-state index in [-0.39, 0.29) is 17.1 Å². The molecule has 2 N–H and O–H groups in total. The number of fused-ring (bicyclic) bond motifs is 8. The molecule has 0 fully saturated rings. The summed E-state index contributed by atoms with van der Waals surface area (Å²) in [6.07, 6.45) is 7.84. The van der Waals surface area contributed by atoms with Gasteiger partial charge in [-0.25, -0.2) is 9.97 Å². The van der Waals surface area contributed by atoms with E-state index in [9.17, 15) is 0 Å². The second-order valence-electron chi connectivity index (χ2n) is 10.9. The molecule has 41 heavy (non-hydrogen) atoms. The van der Waals surface area contributed by atoms with Gasteiger partial charge >= 0.3 is 17.1 Å². The van der Waals surface area contributed by atoms with E-state index in [1.54, 1.807) is 0 Å². The third kappa shape index (κ3) is 5.28. The van der Waals surface area contributed by atoms with Crippen LogP contribution in [0.1, 0.15) is 126 Å². The summed E-state index contributed by atoms with van der Waals surface area (Å²) >= 11 is 0. The topological polar surface area (TPSA) is 57.4 Å². The standard InChI is InChI=1S/C36H46N4.Cu/c1-9-21-22(10-2)30-18-32-25(13-5)26(14-6)34(39-32)20-36-28(16-8)27(15-7)35(40-36)19-33-24(12-4)23(11-3)31(38-33)17-29(21)37-30;/h17-20,37-38H,9-16H2,1-8H3;/q;+1. The Morgan fingerprint density at radius 1 is 0.390 bits per heavy atom. The summed E-state index contributed by atoms with van der Waals surface area (Å²) in [5.74, 6) is 0. The molecular formula is C36H46CuN4+. The smallest absolute Gasteiger partial charge is 0.355 e. The van der Waals surface area contributed by atoms with Crippen molar-refractivity contribution in [3.8, 4) is 0 Å². The summed E-state index contributed by atoms with van der Waals surface area (Å²) < 4.78 is 0. The van der Waals surface area contributed by atoms with Crippen LogP contribution in [0.25, 0.3) is 44.4 Å². The average Bonchev–Trinajstić information content (AvgIpc) is 3.67. The van der Waals surface area contributed by atoms with Gasteiger partial charge in [0.05, 0.1) is 22.8 Å². The minimum absolute atomic E-state index is 0. The van der Waals surface area contributed by atoms with Crippen LogP contribution >= 0.6 is 0 Å². The number of aryl methyl sites for hydroxylation is 4. The number of nitrogens with zero attached hydrogens (tertiary/aromatic N) is 2. The molecule has 3 aromatic heterocycles. The Morgan fingerprint density at radius 2 is 0.659 bits per heavy atom. The van der Waals surface area contributed by atoms with Gasteiger partial charge in [0, 0.05) is 22.1 Å². The van der Waals surface area contributed by atoms with Crippen LogP contribution in [0.15, 0.2) is 24.3 Å². The van der Waals surface area contributed by atoms with Gasteiger partial charge in [0.1, 0.15) is 0 Å². The molecule has 0 radical (unpaired) electrons. The van der Waals surface area contributed by atoms with Crippen LogP contribution in [0.4, 0.5) is 0 Å². The van der Waals surface area contributed by atoms with Gasteiger partial charge in [0.15, 0.2) is 0 Å². The van der Waals surface area contributed by atoms with Crippen molar-refractivity contribution in [2.45, 2.75) is 107 Å². The van der Waals surface area contributed by atoms with Crippen LogP contribution in [0.5, 0.6) is 0 Å². The molecule has 0 aliphatic carbocycles. The molecule has 0 spiro atoms.